The highest BCUT2D eigenvalue weighted by Gasteiger charge is 2.25. The number of anilines is 1. The van der Waals surface area contributed by atoms with Crippen LogP contribution in [0.25, 0.3) is 11.1 Å². The van der Waals surface area contributed by atoms with Gasteiger partial charge in [-0.05, 0) is 93.5 Å². The highest BCUT2D eigenvalue weighted by molar-refractivity contribution is 5.70. The SMILES string of the molecule is CCCCOC(=O)CCCCCN(Cc1c(CNc2ccc(-c3ccc(C#N)cc3)cc2)cnc(C)c1OCc1ccccc1)C(=O)OC(C)(C)C. The maximum Gasteiger partial charge on any atom is 0.410 e. The lowest BCUT2D eigenvalue weighted by molar-refractivity contribution is -0.143. The number of amides is 1. The molecule has 1 N–H and O–H groups in total. The molecule has 3 aromatic carbocycles. The maximum absolute atomic E-state index is 13.7. The van der Waals surface area contributed by atoms with Crippen molar-refractivity contribution in [3.63, 3.8) is 0 Å². The number of unbranched alkanes of at least 4 members (excludes halogenated alkanes) is 3. The number of hydrogen-bond acceptors (Lipinski definition) is 8. The van der Waals surface area contributed by atoms with Crippen molar-refractivity contribution in [3.8, 4) is 22.9 Å². The summed E-state index contributed by atoms with van der Waals surface area (Å²) in [6.07, 6.45) is 5.80. The number of benzene rings is 3. The van der Waals surface area contributed by atoms with Crippen LogP contribution in [0.3, 0.4) is 0 Å². The molecule has 4 aromatic rings. The Morgan fingerprint density at radius 1 is 0.904 bits per heavy atom. The summed E-state index contributed by atoms with van der Waals surface area (Å²) in [7, 11) is 0. The van der Waals surface area contributed by atoms with Gasteiger partial charge in [0.1, 0.15) is 18.0 Å². The van der Waals surface area contributed by atoms with Crippen molar-refractivity contribution in [1.29, 1.82) is 5.26 Å². The van der Waals surface area contributed by atoms with E-state index in [1.165, 1.54) is 0 Å². The smallest absolute Gasteiger partial charge is 0.410 e. The molecule has 1 heterocycles. The molecule has 52 heavy (non-hydrogen) atoms. The van der Waals surface area contributed by atoms with Crippen LogP contribution in [-0.2, 0) is 34.0 Å². The number of nitrogens with one attached hydrogen (secondary N) is 1. The number of nitriles is 1. The highest BCUT2D eigenvalue weighted by atomic mass is 16.6. The number of aryl methyl sites for hydroxylation is 1. The Morgan fingerprint density at radius 2 is 1.60 bits per heavy atom. The van der Waals surface area contributed by atoms with E-state index in [1.54, 1.807) is 4.90 Å². The minimum absolute atomic E-state index is 0.175. The molecule has 4 rings (SSSR count). The quantitative estimate of drug-likeness (QED) is 0.0805. The van der Waals surface area contributed by atoms with E-state index in [2.05, 4.69) is 18.3 Å². The lowest BCUT2D eigenvalue weighted by atomic mass is 10.0. The van der Waals surface area contributed by atoms with Gasteiger partial charge in [-0.15, -0.1) is 0 Å². The third-order valence-electron chi connectivity index (χ3n) is 8.42. The molecule has 9 heteroatoms. The molecule has 0 saturated carbocycles. The number of nitrogens with zero attached hydrogens (tertiary/aromatic N) is 3. The Balaban J connectivity index is 1.55. The van der Waals surface area contributed by atoms with Gasteiger partial charge in [-0.2, -0.15) is 5.26 Å². The summed E-state index contributed by atoms with van der Waals surface area (Å²) in [5, 5.41) is 12.7. The third kappa shape index (κ3) is 12.8. The first-order valence-electron chi connectivity index (χ1n) is 18.2. The summed E-state index contributed by atoms with van der Waals surface area (Å²) in [6.45, 7) is 11.5. The van der Waals surface area contributed by atoms with Crippen molar-refractivity contribution in [2.24, 2.45) is 0 Å². The second-order valence-corrected chi connectivity index (χ2v) is 13.9. The van der Waals surface area contributed by atoms with Crippen molar-refractivity contribution in [3.05, 3.63) is 113 Å². The zero-order chi connectivity index (χ0) is 37.3. The van der Waals surface area contributed by atoms with Gasteiger partial charge in [-0.1, -0.05) is 74.4 Å². The van der Waals surface area contributed by atoms with Gasteiger partial charge >= 0.3 is 12.1 Å². The Kier molecular flexibility index (Phi) is 15.1. The molecule has 0 radical (unpaired) electrons. The van der Waals surface area contributed by atoms with Crippen LogP contribution in [0.15, 0.2) is 85.1 Å². The predicted octanol–water partition coefficient (Wildman–Crippen LogP) is 9.76. The first-order valence-corrected chi connectivity index (χ1v) is 18.2. The van der Waals surface area contributed by atoms with E-state index in [0.29, 0.717) is 56.9 Å². The van der Waals surface area contributed by atoms with Crippen molar-refractivity contribution >= 4 is 17.7 Å². The monoisotopic (exact) mass is 704 g/mol. The van der Waals surface area contributed by atoms with Gasteiger partial charge in [-0.3, -0.25) is 9.78 Å². The van der Waals surface area contributed by atoms with Crippen LogP contribution in [0.1, 0.15) is 94.2 Å². The average molecular weight is 705 g/mol. The Hall–Kier alpha value is -5.36. The van der Waals surface area contributed by atoms with Gasteiger partial charge in [-0.25, -0.2) is 4.79 Å². The second-order valence-electron chi connectivity index (χ2n) is 13.9. The zero-order valence-corrected chi connectivity index (χ0v) is 31.2. The van der Waals surface area contributed by atoms with Gasteiger partial charge in [0.05, 0.1) is 30.5 Å². The molecule has 1 amide bonds. The number of carbonyl (C=O) groups excluding carboxylic acids is 2. The topological polar surface area (TPSA) is 114 Å². The first kappa shape index (κ1) is 39.4. The minimum Gasteiger partial charge on any atom is -0.487 e. The lowest BCUT2D eigenvalue weighted by Crippen LogP contribution is -2.37. The van der Waals surface area contributed by atoms with Crippen LogP contribution in [0.2, 0.25) is 0 Å². The van der Waals surface area contributed by atoms with Crippen LogP contribution >= 0.6 is 0 Å². The van der Waals surface area contributed by atoms with Gasteiger partial charge in [0.2, 0.25) is 0 Å². The molecule has 0 aliphatic heterocycles. The third-order valence-corrected chi connectivity index (χ3v) is 8.42. The Bertz CT molecular complexity index is 1760. The summed E-state index contributed by atoms with van der Waals surface area (Å²) in [4.78, 5) is 32.2. The molecular formula is C43H52N4O5. The number of rotatable bonds is 18. The summed E-state index contributed by atoms with van der Waals surface area (Å²) in [6, 6.07) is 27.8. The van der Waals surface area contributed by atoms with Gasteiger partial charge in [0.15, 0.2) is 0 Å². The molecular weight excluding hydrogens is 652 g/mol. The Labute approximate surface area is 308 Å². The van der Waals surface area contributed by atoms with Crippen LogP contribution in [-0.4, -0.2) is 40.7 Å². The fourth-order valence-corrected chi connectivity index (χ4v) is 5.54. The molecule has 0 bridgehead atoms. The summed E-state index contributed by atoms with van der Waals surface area (Å²) in [5.41, 5.74) is 6.46. The largest absolute Gasteiger partial charge is 0.487 e. The minimum atomic E-state index is -0.674. The first-order chi connectivity index (χ1) is 25.1. The number of pyridine rings is 1. The lowest BCUT2D eigenvalue weighted by Gasteiger charge is -2.29. The molecule has 274 valence electrons. The van der Waals surface area contributed by atoms with Crippen molar-refractivity contribution in [1.82, 2.24) is 9.88 Å². The fourth-order valence-electron chi connectivity index (χ4n) is 5.54. The number of aromatic nitrogens is 1. The van der Waals surface area contributed by atoms with E-state index in [9.17, 15) is 9.59 Å². The second kappa shape index (κ2) is 19.9. The van der Waals surface area contributed by atoms with E-state index in [0.717, 1.165) is 58.5 Å². The van der Waals surface area contributed by atoms with Crippen LogP contribution < -0.4 is 10.1 Å². The number of hydrogen-bond donors (Lipinski definition) is 1. The van der Waals surface area contributed by atoms with Crippen LogP contribution in [0, 0.1) is 18.3 Å². The standard InChI is InChI=1S/C43H52N4O5/c1-6-7-26-50-40(48)16-12-9-13-25-47(42(49)52-43(3,4)5)30-39-37(28-45-32(2)41(39)51-31-34-14-10-8-11-15-34)29-46-38-23-21-36(22-24-38)35-19-17-33(27-44)18-20-35/h8,10-11,14-15,17-24,28,46H,6-7,9,12-13,16,25-26,29-31H2,1-5H3. The number of carbonyl (C=O) groups is 2. The summed E-state index contributed by atoms with van der Waals surface area (Å²) >= 11 is 0. The van der Waals surface area contributed by atoms with E-state index in [-0.39, 0.29) is 12.5 Å². The van der Waals surface area contributed by atoms with Gasteiger partial charge in [0, 0.05) is 37.0 Å². The molecule has 0 aliphatic rings. The van der Waals surface area contributed by atoms with E-state index in [4.69, 9.17) is 24.5 Å². The molecule has 0 unspecified atom stereocenters. The van der Waals surface area contributed by atoms with E-state index < -0.39 is 11.7 Å². The molecule has 0 spiro atoms. The molecule has 1 aromatic heterocycles. The number of ether oxygens (including phenoxy) is 3. The van der Waals surface area contributed by atoms with Gasteiger partial charge < -0.3 is 24.4 Å². The van der Waals surface area contributed by atoms with Crippen molar-refractivity contribution < 1.29 is 23.8 Å². The van der Waals surface area contributed by atoms with Crippen LogP contribution in [0.5, 0.6) is 5.75 Å². The normalized spacial score (nSPS) is 11.0. The maximum atomic E-state index is 13.7. The molecule has 0 saturated heterocycles. The zero-order valence-electron chi connectivity index (χ0n) is 31.2. The average Bonchev–Trinajstić information content (AvgIpc) is 3.13. The number of esters is 1. The summed E-state index contributed by atoms with van der Waals surface area (Å²) in [5.74, 6) is 0.466. The molecule has 0 atom stereocenters. The molecule has 9 nitrogen and oxygen atoms in total. The van der Waals surface area contributed by atoms with Crippen molar-refractivity contribution in [2.45, 2.75) is 98.4 Å². The Morgan fingerprint density at radius 3 is 2.25 bits per heavy atom. The molecule has 0 fully saturated rings. The van der Waals surface area contributed by atoms with Crippen LogP contribution in [0.4, 0.5) is 10.5 Å². The summed E-state index contributed by atoms with van der Waals surface area (Å²) < 4.78 is 17.7. The van der Waals surface area contributed by atoms with E-state index in [1.807, 2.05) is 113 Å². The predicted molar refractivity (Wildman–Crippen MR) is 205 cm³/mol. The van der Waals surface area contributed by atoms with Gasteiger partial charge in [0.25, 0.3) is 0 Å². The van der Waals surface area contributed by atoms with E-state index >= 15 is 0 Å². The van der Waals surface area contributed by atoms with Crippen molar-refractivity contribution in [2.75, 3.05) is 18.5 Å². The fraction of sp³-hybridized carbons (Fsp3) is 0.395. The highest BCUT2D eigenvalue weighted by Crippen LogP contribution is 2.30. The molecule has 0 aliphatic carbocycles.